The number of nitrogens with zero attached hydrogens (tertiary/aromatic N) is 3. The van der Waals surface area contributed by atoms with E-state index in [0.717, 1.165) is 32.6 Å². The Morgan fingerprint density at radius 3 is 2.04 bits per heavy atom. The smallest absolute Gasteiger partial charge is 0.264 e. The van der Waals surface area contributed by atoms with E-state index >= 15 is 0 Å². The van der Waals surface area contributed by atoms with Crippen LogP contribution in [0.2, 0.25) is 0 Å². The van der Waals surface area contributed by atoms with Crippen LogP contribution in [0.3, 0.4) is 0 Å². The van der Waals surface area contributed by atoms with Gasteiger partial charge in [0, 0.05) is 25.6 Å². The molecule has 1 unspecified atom stereocenters. The number of piperidine rings is 2. The van der Waals surface area contributed by atoms with E-state index in [1.54, 1.807) is 0 Å². The predicted molar refractivity (Wildman–Crippen MR) is 94.6 cm³/mol. The highest BCUT2D eigenvalue weighted by Crippen LogP contribution is 2.41. The molecule has 3 heterocycles. The zero-order valence-corrected chi connectivity index (χ0v) is 15.6. The van der Waals surface area contributed by atoms with Gasteiger partial charge in [-0.3, -0.25) is 4.90 Å². The zero-order chi connectivity index (χ0) is 17.2. The van der Waals surface area contributed by atoms with Crippen molar-refractivity contribution in [3.05, 3.63) is 0 Å². The lowest BCUT2D eigenvalue weighted by molar-refractivity contribution is -0.124. The highest BCUT2D eigenvalue weighted by Gasteiger charge is 2.47. The molecule has 3 aliphatic rings. The molecule has 0 N–H and O–H groups in total. The lowest BCUT2D eigenvalue weighted by Gasteiger charge is -2.54. The van der Waals surface area contributed by atoms with Gasteiger partial charge in [-0.15, -0.1) is 0 Å². The number of halogens is 2. The van der Waals surface area contributed by atoms with Crippen LogP contribution in [-0.2, 0) is 0 Å². The Bertz CT molecular complexity index is 399. The minimum absolute atomic E-state index is 0.0325. The minimum atomic E-state index is -2.52. The first-order valence-corrected chi connectivity index (χ1v) is 10.0. The Morgan fingerprint density at radius 2 is 1.46 bits per heavy atom. The summed E-state index contributed by atoms with van der Waals surface area (Å²) in [7, 11) is 0. The first kappa shape index (κ1) is 18.5. The molecular formula is C19H35F2N3. The summed E-state index contributed by atoms with van der Waals surface area (Å²) >= 11 is 0. The molecule has 0 amide bonds. The van der Waals surface area contributed by atoms with E-state index in [0.29, 0.717) is 18.4 Å². The van der Waals surface area contributed by atoms with Crippen molar-refractivity contribution in [1.82, 2.24) is 14.7 Å². The van der Waals surface area contributed by atoms with Gasteiger partial charge in [0.05, 0.1) is 6.54 Å². The van der Waals surface area contributed by atoms with Gasteiger partial charge in [0.1, 0.15) is 0 Å². The second-order valence-electron chi connectivity index (χ2n) is 8.53. The van der Waals surface area contributed by atoms with E-state index in [-0.39, 0.29) is 6.54 Å². The summed E-state index contributed by atoms with van der Waals surface area (Å²) in [4.78, 5) is 6.81. The molecule has 0 saturated carbocycles. The average Bonchev–Trinajstić information content (AvgIpc) is 2.50. The Balaban J connectivity index is 1.43. The third-order valence-corrected chi connectivity index (χ3v) is 6.42. The van der Waals surface area contributed by atoms with Gasteiger partial charge in [0.2, 0.25) is 0 Å². The lowest BCUT2D eigenvalue weighted by atomic mass is 9.71. The SMILES string of the molecule is CCCN1CC2(CCN(CC3CCN(CCC)CC3(F)F)CC2)C1. The Labute approximate surface area is 146 Å². The van der Waals surface area contributed by atoms with Gasteiger partial charge in [-0.05, 0) is 70.2 Å². The van der Waals surface area contributed by atoms with Gasteiger partial charge in [-0.25, -0.2) is 8.78 Å². The van der Waals surface area contributed by atoms with Gasteiger partial charge in [0.15, 0.2) is 0 Å². The molecule has 3 rings (SSSR count). The fourth-order valence-electron chi connectivity index (χ4n) is 5.00. The highest BCUT2D eigenvalue weighted by atomic mass is 19.3. The molecule has 3 nitrogen and oxygen atoms in total. The van der Waals surface area contributed by atoms with Gasteiger partial charge in [-0.2, -0.15) is 0 Å². The molecule has 3 aliphatic heterocycles. The number of alkyl halides is 2. The second kappa shape index (κ2) is 7.55. The molecule has 1 atom stereocenters. The van der Waals surface area contributed by atoms with Crippen LogP contribution in [0.1, 0.15) is 46.0 Å². The van der Waals surface area contributed by atoms with Crippen LogP contribution in [0.25, 0.3) is 0 Å². The lowest BCUT2D eigenvalue weighted by Crippen LogP contribution is -2.61. The fourth-order valence-corrected chi connectivity index (χ4v) is 5.00. The molecule has 0 aromatic heterocycles. The first-order chi connectivity index (χ1) is 11.5. The van der Waals surface area contributed by atoms with Gasteiger partial charge < -0.3 is 9.80 Å². The number of hydrogen-bond donors (Lipinski definition) is 0. The van der Waals surface area contributed by atoms with Crippen LogP contribution in [0, 0.1) is 11.3 Å². The molecule has 24 heavy (non-hydrogen) atoms. The molecule has 0 bridgehead atoms. The Hall–Kier alpha value is -0.260. The summed E-state index contributed by atoms with van der Waals surface area (Å²) in [6, 6.07) is 0. The van der Waals surface area contributed by atoms with Crippen LogP contribution in [-0.4, -0.2) is 79.5 Å². The summed E-state index contributed by atoms with van der Waals surface area (Å²) in [5.41, 5.74) is 0.513. The zero-order valence-electron chi connectivity index (χ0n) is 15.6. The summed E-state index contributed by atoms with van der Waals surface area (Å²) < 4.78 is 29.0. The monoisotopic (exact) mass is 343 g/mol. The summed E-state index contributed by atoms with van der Waals surface area (Å²) in [5.74, 6) is -2.96. The van der Waals surface area contributed by atoms with E-state index in [4.69, 9.17) is 0 Å². The van der Waals surface area contributed by atoms with Crippen molar-refractivity contribution in [3.63, 3.8) is 0 Å². The fraction of sp³-hybridized carbons (Fsp3) is 1.00. The van der Waals surface area contributed by atoms with E-state index in [1.807, 2.05) is 4.90 Å². The van der Waals surface area contributed by atoms with E-state index < -0.39 is 11.8 Å². The summed E-state index contributed by atoms with van der Waals surface area (Å²) in [5, 5.41) is 0. The van der Waals surface area contributed by atoms with Crippen LogP contribution in [0.5, 0.6) is 0 Å². The maximum Gasteiger partial charge on any atom is 0.264 e. The van der Waals surface area contributed by atoms with Crippen molar-refractivity contribution in [3.8, 4) is 0 Å². The largest absolute Gasteiger partial charge is 0.303 e. The third-order valence-electron chi connectivity index (χ3n) is 6.42. The first-order valence-electron chi connectivity index (χ1n) is 10.0. The molecule has 0 aromatic rings. The van der Waals surface area contributed by atoms with Crippen molar-refractivity contribution in [2.24, 2.45) is 11.3 Å². The molecule has 5 heteroatoms. The molecule has 1 spiro atoms. The van der Waals surface area contributed by atoms with Gasteiger partial charge >= 0.3 is 0 Å². The van der Waals surface area contributed by atoms with Crippen molar-refractivity contribution in [2.45, 2.75) is 51.9 Å². The molecule has 3 saturated heterocycles. The molecule has 3 fully saturated rings. The predicted octanol–water partition coefficient (Wildman–Crippen LogP) is 3.16. The van der Waals surface area contributed by atoms with Crippen LogP contribution < -0.4 is 0 Å². The van der Waals surface area contributed by atoms with Gasteiger partial charge in [0.25, 0.3) is 5.92 Å². The van der Waals surface area contributed by atoms with Gasteiger partial charge in [-0.1, -0.05) is 13.8 Å². The summed E-state index contributed by atoms with van der Waals surface area (Å²) in [6.07, 6.45) is 5.25. The standard InChI is InChI=1S/C19H35F2N3/c1-3-8-23-10-5-17(19(20,21)16-23)13-22-11-6-18(7-12-22)14-24(15-18)9-4-2/h17H,3-16H2,1-2H3. The maximum absolute atomic E-state index is 14.5. The van der Waals surface area contributed by atoms with Crippen molar-refractivity contribution in [1.29, 1.82) is 0 Å². The topological polar surface area (TPSA) is 9.72 Å². The molecular weight excluding hydrogens is 308 g/mol. The molecule has 0 aromatic carbocycles. The Morgan fingerprint density at radius 1 is 0.833 bits per heavy atom. The van der Waals surface area contributed by atoms with Crippen molar-refractivity contribution in [2.75, 3.05) is 58.9 Å². The number of hydrogen-bond acceptors (Lipinski definition) is 3. The third kappa shape index (κ3) is 4.10. The van der Waals surface area contributed by atoms with E-state index in [1.165, 1.54) is 38.9 Å². The van der Waals surface area contributed by atoms with Crippen molar-refractivity contribution >= 4 is 0 Å². The quantitative estimate of drug-likeness (QED) is 0.733. The Kier molecular flexibility index (Phi) is 5.83. The van der Waals surface area contributed by atoms with Crippen LogP contribution in [0.15, 0.2) is 0 Å². The molecule has 0 radical (unpaired) electrons. The molecule has 0 aliphatic carbocycles. The maximum atomic E-state index is 14.5. The van der Waals surface area contributed by atoms with Crippen LogP contribution in [0.4, 0.5) is 8.78 Å². The number of rotatable bonds is 6. The number of likely N-dealkylation sites (tertiary alicyclic amines) is 3. The van der Waals surface area contributed by atoms with Crippen LogP contribution >= 0.6 is 0 Å². The van der Waals surface area contributed by atoms with E-state index in [2.05, 4.69) is 23.6 Å². The highest BCUT2D eigenvalue weighted by molar-refractivity contribution is 4.99. The van der Waals surface area contributed by atoms with E-state index in [9.17, 15) is 8.78 Å². The average molecular weight is 344 g/mol. The molecule has 140 valence electrons. The normalized spacial score (nSPS) is 31.2. The minimum Gasteiger partial charge on any atom is -0.303 e. The summed E-state index contributed by atoms with van der Waals surface area (Å²) in [6.45, 7) is 12.2. The van der Waals surface area contributed by atoms with Crippen molar-refractivity contribution < 1.29 is 8.78 Å². The second-order valence-corrected chi connectivity index (χ2v) is 8.53.